The second-order valence-electron chi connectivity index (χ2n) is 4.83. The predicted octanol–water partition coefficient (Wildman–Crippen LogP) is 1.69. The first-order chi connectivity index (χ1) is 10.6. The number of rotatable bonds is 5. The van der Waals surface area contributed by atoms with E-state index in [1.165, 1.54) is 0 Å². The lowest BCUT2D eigenvalue weighted by Crippen LogP contribution is -2.58. The number of carboxylic acid groups (broad SMARTS) is 2. The molecule has 0 aromatic rings. The van der Waals surface area contributed by atoms with Gasteiger partial charge in [0.1, 0.15) is 5.92 Å². The average Bonchev–Trinajstić information content (AvgIpc) is 2.33. The summed E-state index contributed by atoms with van der Waals surface area (Å²) in [5.74, 6) is -8.25. The van der Waals surface area contributed by atoms with Gasteiger partial charge >= 0.3 is 33.5 Å². The molecule has 2 unspecified atom stereocenters. The van der Waals surface area contributed by atoms with Crippen LogP contribution in [0.15, 0.2) is 23.8 Å². The van der Waals surface area contributed by atoms with E-state index in [1.54, 1.807) is 0 Å². The molecule has 2 atom stereocenters. The number of carbonyl (C=O) groups is 2. The highest BCUT2D eigenvalue weighted by Crippen LogP contribution is 2.53. The molecule has 0 aliphatic heterocycles. The fraction of sp³-hybridized carbons (Fsp3) is 0.455. The summed E-state index contributed by atoms with van der Waals surface area (Å²) < 4.78 is 96.1. The Bertz CT molecular complexity index is 722. The summed E-state index contributed by atoms with van der Waals surface area (Å²) in [5.41, 5.74) is -5.47. The summed E-state index contributed by atoms with van der Waals surface area (Å²) in [7, 11) is -6.48. The van der Waals surface area contributed by atoms with Crippen molar-refractivity contribution in [2.75, 3.05) is 0 Å². The van der Waals surface area contributed by atoms with Crippen molar-refractivity contribution in [3.05, 3.63) is 23.8 Å². The van der Waals surface area contributed by atoms with Crippen molar-refractivity contribution >= 4 is 22.1 Å². The zero-order chi connectivity index (χ0) is 19.1. The maximum absolute atomic E-state index is 14.1. The molecule has 1 aliphatic rings. The predicted molar refractivity (Wildman–Crippen MR) is 65.6 cm³/mol. The van der Waals surface area contributed by atoms with Gasteiger partial charge in [-0.25, -0.2) is 0 Å². The molecule has 136 valence electrons. The number of halogens is 5. The van der Waals surface area contributed by atoms with Crippen molar-refractivity contribution in [2.45, 2.75) is 17.9 Å². The number of carboxylic acids is 2. The van der Waals surface area contributed by atoms with Crippen molar-refractivity contribution in [3.63, 3.8) is 0 Å². The van der Waals surface area contributed by atoms with E-state index in [1.807, 2.05) is 0 Å². The molecule has 7 nitrogen and oxygen atoms in total. The Balaban J connectivity index is 3.73. The third-order valence-electron chi connectivity index (χ3n) is 3.31. The number of allylic oxidation sites excluding steroid dienone is 2. The van der Waals surface area contributed by atoms with Crippen molar-refractivity contribution in [1.82, 2.24) is 0 Å². The van der Waals surface area contributed by atoms with E-state index in [0.29, 0.717) is 12.2 Å². The summed E-state index contributed by atoms with van der Waals surface area (Å²) in [6.07, 6.45) is -6.39. The zero-order valence-corrected chi connectivity index (χ0v) is 12.1. The molecule has 0 aromatic carbocycles. The Morgan fingerprint density at radius 2 is 1.67 bits per heavy atom. The minimum Gasteiger partial charge on any atom is -0.481 e. The molecule has 0 bridgehead atoms. The fourth-order valence-electron chi connectivity index (χ4n) is 2.35. The number of alkyl halides is 5. The lowest BCUT2D eigenvalue weighted by Gasteiger charge is -2.39. The second-order valence-corrected chi connectivity index (χ2v) is 6.29. The molecule has 0 spiro atoms. The van der Waals surface area contributed by atoms with Gasteiger partial charge in [0.05, 0.1) is 6.42 Å². The minimum atomic E-state index is -6.48. The third kappa shape index (κ3) is 3.13. The summed E-state index contributed by atoms with van der Waals surface area (Å²) in [5, 5.41) is 12.4. The van der Waals surface area contributed by atoms with Crippen LogP contribution in [0.5, 0.6) is 0 Å². The Kier molecular flexibility index (Phi) is 4.84. The number of aliphatic carboxylic acids is 2. The van der Waals surface area contributed by atoms with E-state index in [9.17, 15) is 40.0 Å². The largest absolute Gasteiger partial charge is 0.481 e. The Morgan fingerprint density at radius 1 is 1.17 bits per heavy atom. The molecule has 1 aliphatic carbocycles. The molecule has 0 fully saturated rings. The SMILES string of the molecule is O=C(O)C1C(CC(F)(F)F)=CC=CC1(C(=O)O)C(F)(F)S(=O)(=O)O. The van der Waals surface area contributed by atoms with Crippen molar-refractivity contribution < 1.29 is 54.7 Å². The van der Waals surface area contributed by atoms with E-state index in [-0.39, 0.29) is 6.08 Å². The summed E-state index contributed by atoms with van der Waals surface area (Å²) in [4.78, 5) is 22.5. The first kappa shape index (κ1) is 20.0. The molecule has 0 heterocycles. The van der Waals surface area contributed by atoms with Crippen LogP contribution in [0.4, 0.5) is 22.0 Å². The molecule has 0 aromatic heterocycles. The van der Waals surface area contributed by atoms with Gasteiger partial charge in [0.2, 0.25) is 0 Å². The lowest BCUT2D eigenvalue weighted by atomic mass is 9.68. The van der Waals surface area contributed by atoms with Crippen LogP contribution >= 0.6 is 0 Å². The van der Waals surface area contributed by atoms with Gasteiger partial charge in [-0.1, -0.05) is 18.2 Å². The molecule has 13 heteroatoms. The molecule has 0 amide bonds. The second kappa shape index (κ2) is 5.81. The first-order valence-electron chi connectivity index (χ1n) is 5.84. The van der Waals surface area contributed by atoms with Crippen LogP contribution in [0.25, 0.3) is 0 Å². The normalized spacial score (nSPS) is 25.2. The number of hydrogen-bond donors (Lipinski definition) is 3. The zero-order valence-electron chi connectivity index (χ0n) is 11.3. The van der Waals surface area contributed by atoms with E-state index in [4.69, 9.17) is 14.8 Å². The van der Waals surface area contributed by atoms with Crippen LogP contribution < -0.4 is 0 Å². The smallest absolute Gasteiger partial charge is 0.392 e. The molecule has 3 N–H and O–H groups in total. The van der Waals surface area contributed by atoms with Crippen molar-refractivity contribution in [2.24, 2.45) is 11.3 Å². The van der Waals surface area contributed by atoms with Crippen LogP contribution in [0.3, 0.4) is 0 Å². The minimum absolute atomic E-state index is 0.0677. The lowest BCUT2D eigenvalue weighted by molar-refractivity contribution is -0.174. The van der Waals surface area contributed by atoms with Gasteiger partial charge in [-0.05, 0) is 5.57 Å². The van der Waals surface area contributed by atoms with E-state index < -0.39 is 56.8 Å². The standard InChI is InChI=1S/C11H9F5O7S/c12-10(13,14)4-5-2-1-3-9(8(19)20,6(5)7(17)18)11(15,16)24(21,22)23/h1-3,6H,4H2,(H,17,18)(H,19,20)(H,21,22,23). The van der Waals surface area contributed by atoms with Gasteiger partial charge in [-0.15, -0.1) is 0 Å². The molecule has 0 saturated heterocycles. The topological polar surface area (TPSA) is 129 Å². The molecular formula is C11H9F5O7S. The highest BCUT2D eigenvalue weighted by atomic mass is 32.2. The van der Waals surface area contributed by atoms with E-state index in [2.05, 4.69) is 0 Å². The first-order valence-corrected chi connectivity index (χ1v) is 7.28. The van der Waals surface area contributed by atoms with Crippen molar-refractivity contribution in [1.29, 1.82) is 0 Å². The molecule has 0 radical (unpaired) electrons. The van der Waals surface area contributed by atoms with E-state index in [0.717, 1.165) is 0 Å². The maximum atomic E-state index is 14.1. The van der Waals surface area contributed by atoms with Crippen LogP contribution in [-0.2, 0) is 19.7 Å². The Morgan fingerprint density at radius 3 is 2.00 bits per heavy atom. The van der Waals surface area contributed by atoms with Gasteiger partial charge in [-0.3, -0.25) is 14.1 Å². The fourth-order valence-corrected chi connectivity index (χ4v) is 3.05. The maximum Gasteiger partial charge on any atom is 0.392 e. The van der Waals surface area contributed by atoms with Gasteiger partial charge in [0.25, 0.3) is 0 Å². The average molecular weight is 380 g/mol. The van der Waals surface area contributed by atoms with Gasteiger partial charge in [-0.2, -0.15) is 30.4 Å². The molecule has 0 saturated carbocycles. The van der Waals surface area contributed by atoms with Gasteiger partial charge < -0.3 is 10.2 Å². The summed E-state index contributed by atoms with van der Waals surface area (Å²) in [6, 6.07) is 0. The van der Waals surface area contributed by atoms with Crippen molar-refractivity contribution in [3.8, 4) is 0 Å². The molecule has 1 rings (SSSR count). The number of hydrogen-bond acceptors (Lipinski definition) is 4. The Hall–Kier alpha value is -2.02. The highest BCUT2D eigenvalue weighted by molar-refractivity contribution is 7.87. The van der Waals surface area contributed by atoms with Crippen LogP contribution in [0.1, 0.15) is 6.42 Å². The quantitative estimate of drug-likeness (QED) is 0.489. The van der Waals surface area contributed by atoms with Gasteiger partial charge in [0, 0.05) is 0 Å². The highest BCUT2D eigenvalue weighted by Gasteiger charge is 2.72. The summed E-state index contributed by atoms with van der Waals surface area (Å²) in [6.45, 7) is 0. The summed E-state index contributed by atoms with van der Waals surface area (Å²) >= 11 is 0. The molecular weight excluding hydrogens is 371 g/mol. The Labute approximate surface area is 130 Å². The van der Waals surface area contributed by atoms with Gasteiger partial charge in [0.15, 0.2) is 5.41 Å². The van der Waals surface area contributed by atoms with Crippen LogP contribution in [0, 0.1) is 11.3 Å². The van der Waals surface area contributed by atoms with Crippen LogP contribution in [-0.4, -0.2) is 46.6 Å². The monoisotopic (exact) mass is 380 g/mol. The third-order valence-corrected chi connectivity index (χ3v) is 4.29. The molecule has 24 heavy (non-hydrogen) atoms. The van der Waals surface area contributed by atoms with Crippen LogP contribution in [0.2, 0.25) is 0 Å². The van der Waals surface area contributed by atoms with E-state index >= 15 is 0 Å².